The van der Waals surface area contributed by atoms with E-state index in [1.165, 1.54) is 0 Å². The lowest BCUT2D eigenvalue weighted by atomic mass is 9.98. The van der Waals surface area contributed by atoms with E-state index >= 15 is 0 Å². The van der Waals surface area contributed by atoms with Crippen molar-refractivity contribution in [2.45, 2.75) is 39.5 Å². The van der Waals surface area contributed by atoms with Gasteiger partial charge in [-0.3, -0.25) is 14.5 Å². The third-order valence-electron chi connectivity index (χ3n) is 4.35. The molecule has 0 radical (unpaired) electrons. The summed E-state index contributed by atoms with van der Waals surface area (Å²) in [4.78, 5) is 26.3. The van der Waals surface area contributed by atoms with Crippen molar-refractivity contribution >= 4 is 17.6 Å². The molecule has 1 amide bonds. The van der Waals surface area contributed by atoms with Gasteiger partial charge in [-0.2, -0.15) is 0 Å². The fourth-order valence-corrected chi connectivity index (χ4v) is 3.16. The average Bonchev–Trinajstić information content (AvgIpc) is 2.55. The van der Waals surface area contributed by atoms with Gasteiger partial charge in [0, 0.05) is 12.2 Å². The summed E-state index contributed by atoms with van der Waals surface area (Å²) in [5.74, 6) is 0.0551. The molecule has 1 saturated heterocycles. The molecule has 1 fully saturated rings. The molecular formula is C19H28N2O3. The van der Waals surface area contributed by atoms with Gasteiger partial charge in [0.2, 0.25) is 5.91 Å². The van der Waals surface area contributed by atoms with E-state index in [0.717, 1.165) is 30.6 Å². The molecule has 1 unspecified atom stereocenters. The van der Waals surface area contributed by atoms with E-state index in [9.17, 15) is 9.59 Å². The largest absolute Gasteiger partial charge is 0.466 e. The predicted octanol–water partition coefficient (Wildman–Crippen LogP) is 3.02. The number of hydrogen-bond donors (Lipinski definition) is 1. The molecular weight excluding hydrogens is 304 g/mol. The van der Waals surface area contributed by atoms with Crippen molar-refractivity contribution in [3.63, 3.8) is 0 Å². The van der Waals surface area contributed by atoms with Crippen LogP contribution in [0.1, 0.15) is 45.1 Å². The Labute approximate surface area is 144 Å². The van der Waals surface area contributed by atoms with Crippen LogP contribution in [0.25, 0.3) is 0 Å². The summed E-state index contributed by atoms with van der Waals surface area (Å²) >= 11 is 0. The number of carbonyl (C=O) groups excluding carboxylic acids is 2. The van der Waals surface area contributed by atoms with Crippen LogP contribution in [-0.2, 0) is 14.3 Å². The van der Waals surface area contributed by atoms with Gasteiger partial charge in [-0.15, -0.1) is 0 Å². The topological polar surface area (TPSA) is 58.6 Å². The van der Waals surface area contributed by atoms with Crippen LogP contribution in [0.5, 0.6) is 0 Å². The smallest absolute Gasteiger partial charge is 0.310 e. The Morgan fingerprint density at radius 2 is 2.08 bits per heavy atom. The number of esters is 1. The van der Waals surface area contributed by atoms with Gasteiger partial charge in [0.1, 0.15) is 0 Å². The molecule has 1 heterocycles. The quantitative estimate of drug-likeness (QED) is 0.814. The second-order valence-corrected chi connectivity index (χ2v) is 6.62. The zero-order valence-corrected chi connectivity index (χ0v) is 14.9. The number of amides is 1. The van der Waals surface area contributed by atoms with Gasteiger partial charge in [0.05, 0.1) is 19.1 Å². The van der Waals surface area contributed by atoms with Gasteiger partial charge < -0.3 is 10.1 Å². The van der Waals surface area contributed by atoms with Gasteiger partial charge in [0.25, 0.3) is 0 Å². The highest BCUT2D eigenvalue weighted by molar-refractivity contribution is 5.93. The lowest BCUT2D eigenvalue weighted by molar-refractivity contribution is -0.150. The highest BCUT2D eigenvalue weighted by atomic mass is 16.5. The number of nitrogens with zero attached hydrogens (tertiary/aromatic N) is 1. The molecule has 0 bridgehead atoms. The van der Waals surface area contributed by atoms with Crippen molar-refractivity contribution in [3.8, 4) is 0 Å². The Kier molecular flexibility index (Phi) is 6.79. The van der Waals surface area contributed by atoms with Crippen LogP contribution in [0, 0.1) is 5.92 Å². The molecule has 1 aromatic rings. The van der Waals surface area contributed by atoms with Crippen molar-refractivity contribution in [2.24, 2.45) is 5.92 Å². The van der Waals surface area contributed by atoms with E-state index in [1.54, 1.807) is 0 Å². The molecule has 1 aliphatic heterocycles. The number of para-hydroxylation sites is 1. The van der Waals surface area contributed by atoms with Crippen molar-refractivity contribution < 1.29 is 14.3 Å². The van der Waals surface area contributed by atoms with Crippen molar-refractivity contribution in [1.82, 2.24) is 4.90 Å². The van der Waals surface area contributed by atoms with E-state index in [1.807, 2.05) is 36.1 Å². The van der Waals surface area contributed by atoms with E-state index < -0.39 is 0 Å². The molecule has 1 N–H and O–H groups in total. The first-order chi connectivity index (χ1) is 11.5. The minimum absolute atomic E-state index is 0.0346. The maximum absolute atomic E-state index is 12.4. The summed E-state index contributed by atoms with van der Waals surface area (Å²) in [6, 6.07) is 7.89. The van der Waals surface area contributed by atoms with Crippen LogP contribution in [0.4, 0.5) is 5.69 Å². The Bertz CT molecular complexity index is 571. The number of nitrogens with one attached hydrogen (secondary N) is 1. The lowest BCUT2D eigenvalue weighted by Gasteiger charge is -2.31. The first kappa shape index (κ1) is 18.5. The van der Waals surface area contributed by atoms with Crippen molar-refractivity contribution in [2.75, 3.05) is 31.6 Å². The summed E-state index contributed by atoms with van der Waals surface area (Å²) in [6.45, 7) is 8.19. The monoisotopic (exact) mass is 332 g/mol. The van der Waals surface area contributed by atoms with Crippen LogP contribution in [0.3, 0.4) is 0 Å². The maximum atomic E-state index is 12.4. The average molecular weight is 332 g/mol. The molecule has 0 aliphatic carbocycles. The van der Waals surface area contributed by atoms with Gasteiger partial charge in [-0.25, -0.2) is 0 Å². The predicted molar refractivity (Wildman–Crippen MR) is 95.0 cm³/mol. The second kappa shape index (κ2) is 8.83. The molecule has 0 aromatic heterocycles. The second-order valence-electron chi connectivity index (χ2n) is 6.62. The summed E-state index contributed by atoms with van der Waals surface area (Å²) in [5.41, 5.74) is 2.00. The molecule has 24 heavy (non-hydrogen) atoms. The van der Waals surface area contributed by atoms with E-state index in [-0.39, 0.29) is 17.8 Å². The molecule has 1 atom stereocenters. The Hall–Kier alpha value is -1.88. The number of benzene rings is 1. The van der Waals surface area contributed by atoms with Crippen LogP contribution in [0.2, 0.25) is 0 Å². The van der Waals surface area contributed by atoms with Gasteiger partial charge in [-0.05, 0) is 43.9 Å². The first-order valence-corrected chi connectivity index (χ1v) is 8.79. The van der Waals surface area contributed by atoms with Gasteiger partial charge in [-0.1, -0.05) is 32.0 Å². The zero-order chi connectivity index (χ0) is 17.5. The maximum Gasteiger partial charge on any atom is 0.310 e. The lowest BCUT2D eigenvalue weighted by Crippen LogP contribution is -2.43. The molecule has 2 rings (SSSR count). The summed E-state index contributed by atoms with van der Waals surface area (Å²) < 4.78 is 5.11. The number of carbonyl (C=O) groups is 2. The summed E-state index contributed by atoms with van der Waals surface area (Å²) in [7, 11) is 0. The van der Waals surface area contributed by atoms with Crippen molar-refractivity contribution in [1.29, 1.82) is 0 Å². The normalized spacial score (nSPS) is 18.4. The molecule has 1 aliphatic rings. The van der Waals surface area contributed by atoms with E-state index in [0.29, 0.717) is 25.6 Å². The number of likely N-dealkylation sites (tertiary alicyclic amines) is 1. The minimum Gasteiger partial charge on any atom is -0.466 e. The fourth-order valence-electron chi connectivity index (χ4n) is 3.16. The zero-order valence-electron chi connectivity index (χ0n) is 14.9. The molecule has 0 saturated carbocycles. The number of rotatable bonds is 6. The van der Waals surface area contributed by atoms with Crippen LogP contribution in [0.15, 0.2) is 24.3 Å². The third kappa shape index (κ3) is 5.06. The van der Waals surface area contributed by atoms with Crippen molar-refractivity contribution in [3.05, 3.63) is 29.8 Å². The number of piperidine rings is 1. The molecule has 0 spiro atoms. The highest BCUT2D eigenvalue weighted by Gasteiger charge is 2.27. The Morgan fingerprint density at radius 1 is 1.33 bits per heavy atom. The van der Waals surface area contributed by atoms with Crippen LogP contribution >= 0.6 is 0 Å². The number of hydrogen-bond acceptors (Lipinski definition) is 4. The molecule has 5 nitrogen and oxygen atoms in total. The fraction of sp³-hybridized carbons (Fsp3) is 0.579. The SMILES string of the molecule is CCOC(=O)C1CCCN(CC(=O)Nc2ccccc2C(C)C)C1. The molecule has 132 valence electrons. The van der Waals surface area contributed by atoms with E-state index in [4.69, 9.17) is 4.74 Å². The first-order valence-electron chi connectivity index (χ1n) is 8.79. The van der Waals surface area contributed by atoms with Gasteiger partial charge >= 0.3 is 5.97 Å². The Morgan fingerprint density at radius 3 is 2.79 bits per heavy atom. The molecule has 5 heteroatoms. The van der Waals surface area contributed by atoms with Crippen LogP contribution < -0.4 is 5.32 Å². The highest BCUT2D eigenvalue weighted by Crippen LogP contribution is 2.24. The standard InChI is InChI=1S/C19H28N2O3/c1-4-24-19(23)15-8-7-11-21(12-15)13-18(22)20-17-10-6-5-9-16(17)14(2)3/h5-6,9-10,14-15H,4,7-8,11-13H2,1-3H3,(H,20,22). The van der Waals surface area contributed by atoms with E-state index in [2.05, 4.69) is 19.2 Å². The third-order valence-corrected chi connectivity index (χ3v) is 4.35. The minimum atomic E-state index is -0.146. The number of ether oxygens (including phenoxy) is 1. The molecule has 1 aromatic carbocycles. The number of anilines is 1. The summed E-state index contributed by atoms with van der Waals surface area (Å²) in [6.07, 6.45) is 1.76. The van der Waals surface area contributed by atoms with Crippen LogP contribution in [-0.4, -0.2) is 43.0 Å². The summed E-state index contributed by atoms with van der Waals surface area (Å²) in [5, 5.41) is 3.01. The van der Waals surface area contributed by atoms with Gasteiger partial charge in [0.15, 0.2) is 0 Å². The Balaban J connectivity index is 1.91.